The summed E-state index contributed by atoms with van der Waals surface area (Å²) in [6.07, 6.45) is 0. The molecule has 10 rings (SSSR count). The maximum Gasteiger partial charge on any atom is 0.0390 e. The molecule has 8 aromatic carbocycles. The van der Waals surface area contributed by atoms with E-state index in [2.05, 4.69) is 220 Å². The molecule has 0 aliphatic heterocycles. The molecule has 0 heterocycles. The zero-order valence-corrected chi connectivity index (χ0v) is 32.3. The van der Waals surface area contributed by atoms with Crippen molar-refractivity contribution in [2.75, 3.05) is 10.6 Å². The maximum atomic E-state index is 3.69. The van der Waals surface area contributed by atoms with Gasteiger partial charge in [0.05, 0.1) is 0 Å². The van der Waals surface area contributed by atoms with Gasteiger partial charge in [0.2, 0.25) is 0 Å². The number of para-hydroxylation sites is 2. The summed E-state index contributed by atoms with van der Waals surface area (Å²) in [5, 5.41) is 7.39. The van der Waals surface area contributed by atoms with Crippen LogP contribution in [0.4, 0.5) is 22.7 Å². The monoisotopic (exact) mass is 720 g/mol. The molecule has 0 atom stereocenters. The molecule has 2 aliphatic carbocycles. The third-order valence-corrected chi connectivity index (χ3v) is 12.2. The van der Waals surface area contributed by atoms with Gasteiger partial charge in [-0.05, 0) is 139 Å². The van der Waals surface area contributed by atoms with Crippen LogP contribution in [0.5, 0.6) is 0 Å². The number of fused-ring (bicyclic) bond motifs is 6. The number of hydrogen-bond donors (Lipinski definition) is 2. The summed E-state index contributed by atoms with van der Waals surface area (Å²) >= 11 is 0. The Kier molecular flexibility index (Phi) is 7.87. The van der Waals surface area contributed by atoms with Crippen molar-refractivity contribution in [3.63, 3.8) is 0 Å². The summed E-state index contributed by atoms with van der Waals surface area (Å²) in [5.74, 6) is 0. The van der Waals surface area contributed by atoms with Crippen molar-refractivity contribution in [2.45, 2.75) is 38.5 Å². The van der Waals surface area contributed by atoms with Gasteiger partial charge in [-0.3, -0.25) is 0 Å². The third kappa shape index (κ3) is 5.56. The predicted octanol–water partition coefficient (Wildman–Crippen LogP) is 14.8. The van der Waals surface area contributed by atoms with Crippen LogP contribution in [0.1, 0.15) is 49.9 Å². The highest BCUT2D eigenvalue weighted by Gasteiger charge is 2.37. The van der Waals surface area contributed by atoms with Gasteiger partial charge < -0.3 is 10.6 Å². The molecule has 2 N–H and O–H groups in total. The fourth-order valence-corrected chi connectivity index (χ4v) is 9.31. The Morgan fingerprint density at radius 3 is 1.05 bits per heavy atom. The Bertz CT molecular complexity index is 2600. The van der Waals surface area contributed by atoms with Gasteiger partial charge in [0, 0.05) is 33.6 Å². The van der Waals surface area contributed by atoms with Gasteiger partial charge in [-0.2, -0.15) is 0 Å². The standard InChI is InChI=1S/C54H44N2/c1-53(2)49-21-13-11-19-43(49)45-27-23-35(31-51(45)53)47-33-39(55-37-15-7-5-8-16-37)25-29-41(47)42-30-26-40(56-38-17-9-6-10-18-38)34-48(42)36-24-28-46-44-20-12-14-22-50(44)54(3,4)52(46)32-36/h5-34,55-56H,1-4H3. The molecule has 0 saturated carbocycles. The molecule has 0 spiro atoms. The third-order valence-electron chi connectivity index (χ3n) is 12.2. The van der Waals surface area contributed by atoms with E-state index in [0.717, 1.165) is 22.7 Å². The highest BCUT2D eigenvalue weighted by molar-refractivity contribution is 5.96. The topological polar surface area (TPSA) is 24.1 Å². The van der Waals surface area contributed by atoms with Crippen LogP contribution >= 0.6 is 0 Å². The van der Waals surface area contributed by atoms with Crippen LogP contribution in [-0.4, -0.2) is 0 Å². The Labute approximate surface area is 330 Å². The van der Waals surface area contributed by atoms with Crippen LogP contribution in [0.25, 0.3) is 55.6 Å². The second kappa shape index (κ2) is 13.0. The number of hydrogen-bond acceptors (Lipinski definition) is 2. The van der Waals surface area contributed by atoms with Gasteiger partial charge in [-0.1, -0.05) is 149 Å². The fraction of sp³-hybridized carbons (Fsp3) is 0.111. The molecule has 0 fully saturated rings. The highest BCUT2D eigenvalue weighted by Crippen LogP contribution is 2.52. The lowest BCUT2D eigenvalue weighted by molar-refractivity contribution is 0.660. The van der Waals surface area contributed by atoms with Gasteiger partial charge in [0.1, 0.15) is 0 Å². The molecule has 0 unspecified atom stereocenters. The average Bonchev–Trinajstić information content (AvgIpc) is 3.60. The first kappa shape index (κ1) is 33.9. The molecule has 2 nitrogen and oxygen atoms in total. The van der Waals surface area contributed by atoms with Gasteiger partial charge in [-0.25, -0.2) is 0 Å². The van der Waals surface area contributed by atoms with Crippen molar-refractivity contribution in [1.29, 1.82) is 0 Å². The molecular weight excluding hydrogens is 677 g/mol. The van der Waals surface area contributed by atoms with E-state index >= 15 is 0 Å². The summed E-state index contributed by atoms with van der Waals surface area (Å²) < 4.78 is 0. The molecule has 0 saturated heterocycles. The van der Waals surface area contributed by atoms with E-state index in [9.17, 15) is 0 Å². The van der Waals surface area contributed by atoms with E-state index in [1.165, 1.54) is 77.9 Å². The fourth-order valence-electron chi connectivity index (χ4n) is 9.31. The second-order valence-electron chi connectivity index (χ2n) is 16.4. The van der Waals surface area contributed by atoms with E-state index in [-0.39, 0.29) is 10.8 Å². The Balaban J connectivity index is 1.17. The summed E-state index contributed by atoms with van der Waals surface area (Å²) in [5.41, 5.74) is 22.1. The number of anilines is 4. The molecule has 56 heavy (non-hydrogen) atoms. The molecule has 2 heteroatoms. The lowest BCUT2D eigenvalue weighted by Crippen LogP contribution is -2.15. The molecule has 0 radical (unpaired) electrons. The zero-order chi connectivity index (χ0) is 38.0. The smallest absolute Gasteiger partial charge is 0.0390 e. The van der Waals surface area contributed by atoms with E-state index in [0.29, 0.717) is 0 Å². The lowest BCUT2D eigenvalue weighted by atomic mass is 9.80. The summed E-state index contributed by atoms with van der Waals surface area (Å²) in [6, 6.07) is 66.6. The quantitative estimate of drug-likeness (QED) is 0.171. The highest BCUT2D eigenvalue weighted by atomic mass is 14.9. The molecule has 8 aromatic rings. The van der Waals surface area contributed by atoms with E-state index in [1.807, 2.05) is 0 Å². The molecule has 0 bridgehead atoms. The molecule has 0 amide bonds. The lowest BCUT2D eigenvalue weighted by Gasteiger charge is -2.24. The van der Waals surface area contributed by atoms with Gasteiger partial charge >= 0.3 is 0 Å². The molecule has 2 aliphatic rings. The van der Waals surface area contributed by atoms with Crippen molar-refractivity contribution in [2.24, 2.45) is 0 Å². The maximum absolute atomic E-state index is 3.69. The van der Waals surface area contributed by atoms with E-state index in [1.54, 1.807) is 0 Å². The summed E-state index contributed by atoms with van der Waals surface area (Å²) in [6.45, 7) is 9.44. The van der Waals surface area contributed by atoms with Crippen molar-refractivity contribution in [3.8, 4) is 55.6 Å². The Morgan fingerprint density at radius 1 is 0.268 bits per heavy atom. The largest absolute Gasteiger partial charge is 0.356 e. The van der Waals surface area contributed by atoms with Crippen LogP contribution in [0.2, 0.25) is 0 Å². The van der Waals surface area contributed by atoms with Crippen LogP contribution in [0.3, 0.4) is 0 Å². The average molecular weight is 721 g/mol. The molecular formula is C54H44N2. The molecule has 0 aromatic heterocycles. The minimum Gasteiger partial charge on any atom is -0.356 e. The van der Waals surface area contributed by atoms with Gasteiger partial charge in [-0.15, -0.1) is 0 Å². The second-order valence-corrected chi connectivity index (χ2v) is 16.4. The van der Waals surface area contributed by atoms with Crippen molar-refractivity contribution in [3.05, 3.63) is 204 Å². The van der Waals surface area contributed by atoms with Crippen LogP contribution < -0.4 is 10.6 Å². The predicted molar refractivity (Wildman–Crippen MR) is 237 cm³/mol. The number of benzene rings is 8. The van der Waals surface area contributed by atoms with Crippen molar-refractivity contribution < 1.29 is 0 Å². The SMILES string of the molecule is CC1(C)c2ccccc2-c2ccc(-c3cc(Nc4ccccc4)ccc3-c3ccc(Nc4ccccc4)cc3-c3ccc4c(c3)C(C)(C)c3ccccc3-4)cc21. The first-order valence-electron chi connectivity index (χ1n) is 19.7. The van der Waals surface area contributed by atoms with Gasteiger partial charge in [0.15, 0.2) is 0 Å². The van der Waals surface area contributed by atoms with Crippen LogP contribution in [-0.2, 0) is 10.8 Å². The first-order valence-corrected chi connectivity index (χ1v) is 19.7. The van der Waals surface area contributed by atoms with Crippen LogP contribution in [0, 0.1) is 0 Å². The zero-order valence-electron chi connectivity index (χ0n) is 32.3. The van der Waals surface area contributed by atoms with E-state index < -0.39 is 0 Å². The van der Waals surface area contributed by atoms with Crippen molar-refractivity contribution >= 4 is 22.7 Å². The number of nitrogens with one attached hydrogen (secondary N) is 2. The Morgan fingerprint density at radius 2 is 0.625 bits per heavy atom. The Hall–Kier alpha value is -6.64. The molecule has 270 valence electrons. The summed E-state index contributed by atoms with van der Waals surface area (Å²) in [4.78, 5) is 0. The summed E-state index contributed by atoms with van der Waals surface area (Å²) in [7, 11) is 0. The minimum absolute atomic E-state index is 0.104. The normalized spacial score (nSPS) is 14.0. The van der Waals surface area contributed by atoms with Crippen molar-refractivity contribution in [1.82, 2.24) is 0 Å². The van der Waals surface area contributed by atoms with Gasteiger partial charge in [0.25, 0.3) is 0 Å². The van der Waals surface area contributed by atoms with Crippen LogP contribution in [0.15, 0.2) is 182 Å². The first-order chi connectivity index (χ1) is 27.3. The number of rotatable bonds is 7. The minimum atomic E-state index is -0.104. The van der Waals surface area contributed by atoms with E-state index in [4.69, 9.17) is 0 Å².